The van der Waals surface area contributed by atoms with E-state index in [1.54, 1.807) is 18.2 Å². The summed E-state index contributed by atoms with van der Waals surface area (Å²) in [5, 5.41) is 2.93. The molecule has 0 bridgehead atoms. The zero-order valence-electron chi connectivity index (χ0n) is 11.0. The molecule has 0 atom stereocenters. The van der Waals surface area contributed by atoms with Crippen molar-refractivity contribution in [2.45, 2.75) is 6.54 Å². The lowest BCUT2D eigenvalue weighted by atomic mass is 10.1. The standard InChI is InChI=1S/C16H12Cl2N2O/c17-11-5-6-14(18)15(8-11)21-16-13-4-2-1-3-10(13)7-12(9-19)20-16/h1-8H,9,19H2. The van der Waals surface area contributed by atoms with Crippen LogP contribution in [0, 0.1) is 0 Å². The van der Waals surface area contributed by atoms with E-state index in [4.69, 9.17) is 33.7 Å². The van der Waals surface area contributed by atoms with Gasteiger partial charge in [-0.05, 0) is 29.7 Å². The Morgan fingerprint density at radius 2 is 1.86 bits per heavy atom. The summed E-state index contributed by atoms with van der Waals surface area (Å²) in [6.45, 7) is 0.338. The second-order valence-corrected chi connectivity index (χ2v) is 5.36. The van der Waals surface area contributed by atoms with Gasteiger partial charge in [0.25, 0.3) is 0 Å². The molecule has 0 unspecified atom stereocenters. The van der Waals surface area contributed by atoms with Crippen LogP contribution in [-0.2, 0) is 6.54 Å². The SMILES string of the molecule is NCc1cc2ccccc2c(Oc2cc(Cl)ccc2Cl)n1. The number of hydrogen-bond acceptors (Lipinski definition) is 3. The Balaban J connectivity index is 2.13. The maximum Gasteiger partial charge on any atom is 0.227 e. The minimum absolute atomic E-state index is 0.338. The summed E-state index contributed by atoms with van der Waals surface area (Å²) in [5.74, 6) is 0.939. The largest absolute Gasteiger partial charge is 0.437 e. The lowest BCUT2D eigenvalue weighted by molar-refractivity contribution is 0.467. The van der Waals surface area contributed by atoms with Gasteiger partial charge in [0, 0.05) is 23.0 Å². The van der Waals surface area contributed by atoms with Crippen LogP contribution in [0.2, 0.25) is 10.0 Å². The number of fused-ring (bicyclic) bond motifs is 1. The average molecular weight is 319 g/mol. The molecule has 21 heavy (non-hydrogen) atoms. The summed E-state index contributed by atoms with van der Waals surface area (Å²) >= 11 is 12.1. The second-order valence-electron chi connectivity index (χ2n) is 4.52. The highest BCUT2D eigenvalue weighted by atomic mass is 35.5. The Hall–Kier alpha value is -1.81. The lowest BCUT2D eigenvalue weighted by Crippen LogP contribution is -2.01. The van der Waals surface area contributed by atoms with Crippen LogP contribution in [0.3, 0.4) is 0 Å². The summed E-state index contributed by atoms with van der Waals surface area (Å²) in [7, 11) is 0. The monoisotopic (exact) mass is 318 g/mol. The van der Waals surface area contributed by atoms with E-state index < -0.39 is 0 Å². The molecule has 106 valence electrons. The molecule has 0 aliphatic rings. The van der Waals surface area contributed by atoms with Crippen LogP contribution in [0.1, 0.15) is 5.69 Å². The van der Waals surface area contributed by atoms with E-state index in [1.807, 2.05) is 30.3 Å². The van der Waals surface area contributed by atoms with Crippen molar-refractivity contribution in [1.82, 2.24) is 4.98 Å². The van der Waals surface area contributed by atoms with Gasteiger partial charge in [-0.3, -0.25) is 0 Å². The van der Waals surface area contributed by atoms with Crippen molar-refractivity contribution in [3.63, 3.8) is 0 Å². The smallest absolute Gasteiger partial charge is 0.227 e. The van der Waals surface area contributed by atoms with Crippen molar-refractivity contribution in [2.75, 3.05) is 0 Å². The minimum Gasteiger partial charge on any atom is -0.437 e. The molecule has 0 saturated heterocycles. The van der Waals surface area contributed by atoms with Crippen molar-refractivity contribution < 1.29 is 4.74 Å². The fraction of sp³-hybridized carbons (Fsp3) is 0.0625. The van der Waals surface area contributed by atoms with E-state index >= 15 is 0 Å². The maximum atomic E-state index is 6.13. The zero-order chi connectivity index (χ0) is 14.8. The van der Waals surface area contributed by atoms with Crippen LogP contribution in [-0.4, -0.2) is 4.98 Å². The van der Waals surface area contributed by atoms with Gasteiger partial charge in [-0.2, -0.15) is 0 Å². The lowest BCUT2D eigenvalue weighted by Gasteiger charge is -2.11. The quantitative estimate of drug-likeness (QED) is 0.755. The highest BCUT2D eigenvalue weighted by molar-refractivity contribution is 6.34. The molecule has 3 nitrogen and oxygen atoms in total. The Kier molecular flexibility index (Phi) is 3.97. The molecule has 0 saturated carbocycles. The molecular formula is C16H12Cl2N2O. The molecular weight excluding hydrogens is 307 g/mol. The van der Waals surface area contributed by atoms with Crippen molar-refractivity contribution >= 4 is 34.0 Å². The number of nitrogens with two attached hydrogens (primary N) is 1. The molecule has 0 amide bonds. The molecule has 5 heteroatoms. The first-order chi connectivity index (χ1) is 10.2. The number of nitrogens with zero attached hydrogens (tertiary/aromatic N) is 1. The molecule has 3 aromatic rings. The summed E-state index contributed by atoms with van der Waals surface area (Å²) in [6, 6.07) is 14.8. The van der Waals surface area contributed by atoms with Gasteiger partial charge in [0.15, 0.2) is 0 Å². The molecule has 1 aromatic heterocycles. The number of ether oxygens (including phenoxy) is 1. The summed E-state index contributed by atoms with van der Waals surface area (Å²) in [5.41, 5.74) is 6.44. The Morgan fingerprint density at radius 3 is 2.67 bits per heavy atom. The summed E-state index contributed by atoms with van der Waals surface area (Å²) in [6.07, 6.45) is 0. The van der Waals surface area contributed by atoms with Crippen molar-refractivity contribution in [2.24, 2.45) is 5.73 Å². The third-order valence-electron chi connectivity index (χ3n) is 3.07. The van der Waals surface area contributed by atoms with Crippen molar-refractivity contribution in [3.05, 3.63) is 64.3 Å². The Bertz CT molecular complexity index is 805. The summed E-state index contributed by atoms with van der Waals surface area (Å²) in [4.78, 5) is 4.44. The first-order valence-corrected chi connectivity index (χ1v) is 7.14. The third-order valence-corrected chi connectivity index (χ3v) is 3.61. The van der Waals surface area contributed by atoms with E-state index in [0.29, 0.717) is 28.2 Å². The van der Waals surface area contributed by atoms with E-state index in [2.05, 4.69) is 4.98 Å². The van der Waals surface area contributed by atoms with E-state index in [1.165, 1.54) is 0 Å². The van der Waals surface area contributed by atoms with Gasteiger partial charge in [-0.15, -0.1) is 0 Å². The predicted octanol–water partition coefficient (Wildman–Crippen LogP) is 4.79. The molecule has 0 spiro atoms. The Morgan fingerprint density at radius 1 is 1.05 bits per heavy atom. The van der Waals surface area contributed by atoms with E-state index in [-0.39, 0.29) is 0 Å². The van der Waals surface area contributed by atoms with Crippen LogP contribution in [0.25, 0.3) is 10.8 Å². The van der Waals surface area contributed by atoms with Gasteiger partial charge in [0.05, 0.1) is 10.7 Å². The Labute approximate surface area is 132 Å². The predicted molar refractivity (Wildman–Crippen MR) is 86.2 cm³/mol. The highest BCUT2D eigenvalue weighted by Gasteiger charge is 2.10. The van der Waals surface area contributed by atoms with Crippen LogP contribution in [0.5, 0.6) is 11.6 Å². The molecule has 2 aromatic carbocycles. The normalized spacial score (nSPS) is 10.8. The van der Waals surface area contributed by atoms with Crippen LogP contribution in [0.15, 0.2) is 48.5 Å². The van der Waals surface area contributed by atoms with Gasteiger partial charge < -0.3 is 10.5 Å². The molecule has 0 aliphatic heterocycles. The first kappa shape index (κ1) is 14.1. The van der Waals surface area contributed by atoms with Gasteiger partial charge in [0.2, 0.25) is 5.88 Å². The topological polar surface area (TPSA) is 48.1 Å². The number of hydrogen-bond donors (Lipinski definition) is 1. The number of benzene rings is 2. The number of rotatable bonds is 3. The van der Waals surface area contributed by atoms with E-state index in [0.717, 1.165) is 16.5 Å². The van der Waals surface area contributed by atoms with E-state index in [9.17, 15) is 0 Å². The fourth-order valence-corrected chi connectivity index (χ4v) is 2.38. The molecule has 0 fully saturated rings. The highest BCUT2D eigenvalue weighted by Crippen LogP contribution is 2.34. The molecule has 0 radical (unpaired) electrons. The van der Waals surface area contributed by atoms with Crippen LogP contribution >= 0.6 is 23.2 Å². The molecule has 2 N–H and O–H groups in total. The molecule has 0 aliphatic carbocycles. The minimum atomic E-state index is 0.338. The number of halogens is 2. The molecule has 1 heterocycles. The fourth-order valence-electron chi connectivity index (χ4n) is 2.06. The van der Waals surface area contributed by atoms with Crippen molar-refractivity contribution in [1.29, 1.82) is 0 Å². The van der Waals surface area contributed by atoms with Crippen molar-refractivity contribution in [3.8, 4) is 11.6 Å². The van der Waals surface area contributed by atoms with Gasteiger partial charge in [-0.1, -0.05) is 41.4 Å². The zero-order valence-corrected chi connectivity index (χ0v) is 12.5. The van der Waals surface area contributed by atoms with Gasteiger partial charge >= 0.3 is 0 Å². The maximum absolute atomic E-state index is 6.13. The van der Waals surface area contributed by atoms with Gasteiger partial charge in [-0.25, -0.2) is 4.98 Å². The van der Waals surface area contributed by atoms with Crippen LogP contribution < -0.4 is 10.5 Å². The molecule has 3 rings (SSSR count). The number of pyridine rings is 1. The summed E-state index contributed by atoms with van der Waals surface area (Å²) < 4.78 is 5.86. The first-order valence-electron chi connectivity index (χ1n) is 6.39. The van der Waals surface area contributed by atoms with Crippen LogP contribution in [0.4, 0.5) is 0 Å². The average Bonchev–Trinajstić information content (AvgIpc) is 2.50. The second kappa shape index (κ2) is 5.90. The third kappa shape index (κ3) is 2.95. The number of aromatic nitrogens is 1. The van der Waals surface area contributed by atoms with Gasteiger partial charge in [0.1, 0.15) is 5.75 Å².